The minimum absolute atomic E-state index is 0.266. The van der Waals surface area contributed by atoms with Crippen LogP contribution >= 0.6 is 0 Å². The number of hydrogen-bond acceptors (Lipinski definition) is 6. The summed E-state index contributed by atoms with van der Waals surface area (Å²) in [6.45, 7) is 9.35. The van der Waals surface area contributed by atoms with Gasteiger partial charge in [-0.2, -0.15) is 5.10 Å². The molecule has 8 heteroatoms. The molecule has 0 saturated heterocycles. The van der Waals surface area contributed by atoms with Crippen LogP contribution in [0.5, 0.6) is 0 Å². The highest BCUT2D eigenvalue weighted by molar-refractivity contribution is 5.96. The van der Waals surface area contributed by atoms with Crippen molar-refractivity contribution < 1.29 is 9.53 Å². The molecule has 0 saturated carbocycles. The molecule has 0 aliphatic rings. The normalized spacial score (nSPS) is 13.6. The van der Waals surface area contributed by atoms with Crippen LogP contribution in [-0.2, 0) is 4.74 Å². The summed E-state index contributed by atoms with van der Waals surface area (Å²) in [6.07, 6.45) is 5.64. The SMILES string of the molecule is C=CC=N/C(=C\N)C(C)NC(=O)c1cc(-c2ccc(C)cc2)cc(-n2ncnc2C(C)OC)c1. The van der Waals surface area contributed by atoms with Crippen LogP contribution in [0.25, 0.3) is 16.8 Å². The van der Waals surface area contributed by atoms with Crippen LogP contribution in [0, 0.1) is 6.92 Å². The lowest BCUT2D eigenvalue weighted by Gasteiger charge is -2.17. The van der Waals surface area contributed by atoms with Crippen molar-refractivity contribution in [2.75, 3.05) is 7.11 Å². The average Bonchev–Trinajstić information content (AvgIpc) is 3.34. The molecule has 0 aliphatic heterocycles. The second-order valence-corrected chi connectivity index (χ2v) is 7.84. The van der Waals surface area contributed by atoms with Crippen molar-refractivity contribution in [2.45, 2.75) is 32.9 Å². The van der Waals surface area contributed by atoms with E-state index in [2.05, 4.69) is 27.0 Å². The van der Waals surface area contributed by atoms with Gasteiger partial charge in [-0.15, -0.1) is 0 Å². The van der Waals surface area contributed by atoms with Gasteiger partial charge in [-0.1, -0.05) is 42.5 Å². The molecule has 0 aliphatic carbocycles. The number of nitrogens with two attached hydrogens (primary N) is 1. The minimum atomic E-state index is -0.407. The summed E-state index contributed by atoms with van der Waals surface area (Å²) in [6, 6.07) is 13.3. The van der Waals surface area contributed by atoms with E-state index in [1.165, 1.54) is 18.7 Å². The third kappa shape index (κ3) is 5.65. The Morgan fingerprint density at radius 3 is 2.59 bits per heavy atom. The van der Waals surface area contributed by atoms with Crippen LogP contribution in [0.1, 0.15) is 41.7 Å². The number of rotatable bonds is 9. The summed E-state index contributed by atoms with van der Waals surface area (Å²) in [7, 11) is 1.62. The van der Waals surface area contributed by atoms with Crippen molar-refractivity contribution >= 4 is 12.1 Å². The van der Waals surface area contributed by atoms with Crippen LogP contribution < -0.4 is 11.1 Å². The molecule has 2 unspecified atom stereocenters. The monoisotopic (exact) mass is 458 g/mol. The maximum atomic E-state index is 13.3. The molecule has 34 heavy (non-hydrogen) atoms. The van der Waals surface area contributed by atoms with Gasteiger partial charge >= 0.3 is 0 Å². The molecule has 0 bridgehead atoms. The first-order valence-electron chi connectivity index (χ1n) is 10.9. The number of nitrogens with zero attached hydrogens (tertiary/aromatic N) is 4. The summed E-state index contributed by atoms with van der Waals surface area (Å²) in [4.78, 5) is 21.8. The second kappa shape index (κ2) is 11.2. The maximum absolute atomic E-state index is 13.3. The fourth-order valence-electron chi connectivity index (χ4n) is 3.40. The van der Waals surface area contributed by atoms with Crippen molar-refractivity contribution in [2.24, 2.45) is 10.7 Å². The summed E-state index contributed by atoms with van der Waals surface area (Å²) < 4.78 is 7.13. The van der Waals surface area contributed by atoms with Crippen LogP contribution in [0.4, 0.5) is 0 Å². The van der Waals surface area contributed by atoms with Gasteiger partial charge in [-0.3, -0.25) is 9.79 Å². The van der Waals surface area contributed by atoms with Gasteiger partial charge in [0.1, 0.15) is 12.4 Å². The van der Waals surface area contributed by atoms with Gasteiger partial charge in [0, 0.05) is 25.1 Å². The Morgan fingerprint density at radius 2 is 1.94 bits per heavy atom. The number of nitrogens with one attached hydrogen (secondary N) is 1. The van der Waals surface area contributed by atoms with Crippen molar-refractivity contribution in [3.05, 3.63) is 90.3 Å². The lowest BCUT2D eigenvalue weighted by Crippen LogP contribution is -2.34. The lowest BCUT2D eigenvalue weighted by atomic mass is 10.0. The van der Waals surface area contributed by atoms with E-state index >= 15 is 0 Å². The molecule has 1 amide bonds. The van der Waals surface area contributed by atoms with E-state index in [0.29, 0.717) is 22.8 Å². The second-order valence-electron chi connectivity index (χ2n) is 7.84. The van der Waals surface area contributed by atoms with Crippen LogP contribution in [0.2, 0.25) is 0 Å². The molecule has 0 fully saturated rings. The van der Waals surface area contributed by atoms with Gasteiger partial charge in [-0.05, 0) is 50.1 Å². The first kappa shape index (κ1) is 24.6. The molecular weight excluding hydrogens is 428 g/mol. The van der Waals surface area contributed by atoms with Crippen molar-refractivity contribution in [1.29, 1.82) is 0 Å². The first-order valence-corrected chi connectivity index (χ1v) is 10.9. The number of allylic oxidation sites excluding steroid dienone is 1. The molecule has 1 heterocycles. The summed E-state index contributed by atoms with van der Waals surface area (Å²) in [5, 5.41) is 7.34. The number of methoxy groups -OCH3 is 1. The van der Waals surface area contributed by atoms with Crippen LogP contribution in [-0.4, -0.2) is 40.0 Å². The molecule has 1 aromatic heterocycles. The number of aromatic nitrogens is 3. The van der Waals surface area contributed by atoms with E-state index in [1.807, 2.05) is 57.2 Å². The van der Waals surface area contributed by atoms with Gasteiger partial charge in [0.05, 0.1) is 17.4 Å². The highest BCUT2D eigenvalue weighted by Gasteiger charge is 2.18. The first-order chi connectivity index (χ1) is 16.4. The number of benzene rings is 2. The fourth-order valence-corrected chi connectivity index (χ4v) is 3.40. The zero-order valence-corrected chi connectivity index (χ0v) is 19.9. The Balaban J connectivity index is 2.05. The van der Waals surface area contributed by atoms with Crippen LogP contribution in [0.3, 0.4) is 0 Å². The van der Waals surface area contributed by atoms with E-state index < -0.39 is 6.04 Å². The zero-order valence-electron chi connectivity index (χ0n) is 19.9. The highest BCUT2D eigenvalue weighted by Crippen LogP contribution is 2.26. The number of carbonyl (C=O) groups excluding carboxylic acids is 1. The average molecular weight is 459 g/mol. The molecule has 8 nitrogen and oxygen atoms in total. The highest BCUT2D eigenvalue weighted by atomic mass is 16.5. The third-order valence-electron chi connectivity index (χ3n) is 5.39. The predicted molar refractivity (Wildman–Crippen MR) is 135 cm³/mol. The van der Waals surface area contributed by atoms with Gasteiger partial charge in [0.15, 0.2) is 5.82 Å². The Bertz CT molecular complexity index is 1210. The van der Waals surface area contributed by atoms with Gasteiger partial charge in [-0.25, -0.2) is 9.67 Å². The van der Waals surface area contributed by atoms with Crippen molar-refractivity contribution in [3.8, 4) is 16.8 Å². The lowest BCUT2D eigenvalue weighted by molar-refractivity contribution is 0.0945. The molecular formula is C26H30N6O2. The summed E-state index contributed by atoms with van der Waals surface area (Å²) in [5.74, 6) is 0.368. The van der Waals surface area contributed by atoms with E-state index in [9.17, 15) is 4.79 Å². The molecule has 2 aromatic carbocycles. The van der Waals surface area contributed by atoms with E-state index in [1.54, 1.807) is 23.9 Å². The fraction of sp³-hybridized carbons (Fsp3) is 0.231. The minimum Gasteiger partial charge on any atom is -0.403 e. The summed E-state index contributed by atoms with van der Waals surface area (Å²) in [5.41, 5.74) is 10.4. The smallest absolute Gasteiger partial charge is 0.251 e. The molecule has 2 atom stereocenters. The number of hydrogen-bond donors (Lipinski definition) is 2. The molecule has 0 spiro atoms. The van der Waals surface area contributed by atoms with Gasteiger partial charge in [0.25, 0.3) is 5.91 Å². The largest absolute Gasteiger partial charge is 0.403 e. The number of aryl methyl sites for hydroxylation is 1. The molecule has 0 radical (unpaired) electrons. The van der Waals surface area contributed by atoms with E-state index in [-0.39, 0.29) is 12.0 Å². The Hall–Kier alpha value is -4.04. The Morgan fingerprint density at radius 1 is 1.21 bits per heavy atom. The maximum Gasteiger partial charge on any atom is 0.251 e. The zero-order chi connectivity index (χ0) is 24.7. The number of ether oxygens (including phenoxy) is 1. The predicted octanol–water partition coefficient (Wildman–Crippen LogP) is 4.13. The molecule has 3 aromatic rings. The molecule has 176 valence electrons. The van der Waals surface area contributed by atoms with Crippen LogP contribution in [0.15, 0.2) is 78.3 Å². The van der Waals surface area contributed by atoms with E-state index in [0.717, 1.165) is 16.7 Å². The Kier molecular flexibility index (Phi) is 8.10. The Labute approximate surface area is 199 Å². The number of aliphatic imine (C=N–C) groups is 1. The standard InChI is InChI=1S/C26H30N6O2/c1-6-11-28-24(15-27)18(3)31-26(33)22-12-21(20-9-7-17(2)8-10-20)13-23(14-22)32-25(19(4)34-5)29-16-30-32/h6-16,18-19H,1,27H2,2-5H3,(H,31,33)/b24-15-,28-11?. The molecule has 3 N–H and O–H groups in total. The molecule has 3 rings (SSSR count). The topological polar surface area (TPSA) is 107 Å². The van der Waals surface area contributed by atoms with Gasteiger partial charge < -0.3 is 15.8 Å². The van der Waals surface area contributed by atoms with Crippen molar-refractivity contribution in [3.63, 3.8) is 0 Å². The number of amides is 1. The third-order valence-corrected chi connectivity index (χ3v) is 5.39. The number of carbonyl (C=O) groups is 1. The van der Waals surface area contributed by atoms with E-state index in [4.69, 9.17) is 10.5 Å². The quantitative estimate of drug-likeness (QED) is 0.469. The van der Waals surface area contributed by atoms with Crippen molar-refractivity contribution in [1.82, 2.24) is 20.1 Å². The van der Waals surface area contributed by atoms with Gasteiger partial charge in [0.2, 0.25) is 0 Å². The summed E-state index contributed by atoms with van der Waals surface area (Å²) >= 11 is 0.